The standard InChI is InChI=1S/C27H22N4O7S/c28-27(29)30-20-6-3-16(4-7-20)26(37)38-21-8-5-17-10-19(2-1-18(17)11-21)24(34)31(13-23(32)33)12-15-9-22(25(35)36)39-14-15/h1-11,14H,12-13H2,(H,32,33)(H,35,36)(H4,28,29,30). The topological polar surface area (TPSA) is 183 Å². The number of hydrogen-bond acceptors (Lipinski definition) is 7. The van der Waals surface area contributed by atoms with E-state index in [9.17, 15) is 24.3 Å². The Morgan fingerprint density at radius 1 is 0.923 bits per heavy atom. The second-order valence-electron chi connectivity index (χ2n) is 8.41. The molecule has 4 aromatic rings. The number of anilines is 1. The summed E-state index contributed by atoms with van der Waals surface area (Å²) in [5, 5.41) is 31.2. The maximum Gasteiger partial charge on any atom is 0.345 e. The van der Waals surface area contributed by atoms with E-state index >= 15 is 0 Å². The van der Waals surface area contributed by atoms with Gasteiger partial charge in [-0.3, -0.25) is 15.0 Å². The van der Waals surface area contributed by atoms with Gasteiger partial charge in [-0.25, -0.2) is 9.59 Å². The van der Waals surface area contributed by atoms with Crippen LogP contribution in [0, 0.1) is 5.41 Å². The molecule has 0 saturated heterocycles. The Morgan fingerprint density at radius 2 is 1.59 bits per heavy atom. The van der Waals surface area contributed by atoms with Crippen molar-refractivity contribution in [2.24, 2.45) is 5.73 Å². The molecule has 3 aromatic carbocycles. The molecule has 0 aliphatic rings. The maximum atomic E-state index is 13.2. The zero-order chi connectivity index (χ0) is 28.1. The first-order valence-corrected chi connectivity index (χ1v) is 12.3. The summed E-state index contributed by atoms with van der Waals surface area (Å²) in [5.74, 6) is -3.34. The number of guanidine groups is 1. The molecular weight excluding hydrogens is 524 g/mol. The van der Waals surface area contributed by atoms with Crippen molar-refractivity contribution in [1.82, 2.24) is 4.90 Å². The fraction of sp³-hybridized carbons (Fsp3) is 0.0741. The summed E-state index contributed by atoms with van der Waals surface area (Å²) < 4.78 is 5.47. The van der Waals surface area contributed by atoms with E-state index in [0.29, 0.717) is 27.6 Å². The quantitative estimate of drug-likeness (QED) is 0.0900. The zero-order valence-electron chi connectivity index (χ0n) is 20.2. The van der Waals surface area contributed by atoms with Gasteiger partial charge in [-0.2, -0.15) is 0 Å². The number of nitrogens with one attached hydrogen (secondary N) is 2. The monoisotopic (exact) mass is 546 g/mol. The minimum atomic E-state index is -1.20. The Morgan fingerprint density at radius 3 is 2.23 bits per heavy atom. The van der Waals surface area contributed by atoms with E-state index in [2.05, 4.69) is 5.32 Å². The first-order valence-electron chi connectivity index (χ1n) is 11.4. The molecule has 1 aromatic heterocycles. The molecule has 11 nitrogen and oxygen atoms in total. The summed E-state index contributed by atoms with van der Waals surface area (Å²) in [5.41, 5.74) is 6.91. The summed E-state index contributed by atoms with van der Waals surface area (Å²) in [6.07, 6.45) is 0. The number of rotatable bonds is 9. The largest absolute Gasteiger partial charge is 0.480 e. The van der Waals surface area contributed by atoms with Crippen LogP contribution in [0.1, 0.15) is 36.0 Å². The Labute approximate surface area is 225 Å². The van der Waals surface area contributed by atoms with Crippen molar-refractivity contribution in [1.29, 1.82) is 5.41 Å². The van der Waals surface area contributed by atoms with Crippen LogP contribution in [0.25, 0.3) is 10.8 Å². The van der Waals surface area contributed by atoms with Crippen LogP contribution in [0.4, 0.5) is 5.69 Å². The van der Waals surface area contributed by atoms with Gasteiger partial charge in [0, 0.05) is 17.8 Å². The highest BCUT2D eigenvalue weighted by atomic mass is 32.1. The zero-order valence-corrected chi connectivity index (χ0v) is 21.0. The molecule has 4 rings (SSSR count). The molecule has 0 saturated carbocycles. The van der Waals surface area contributed by atoms with Gasteiger partial charge in [-0.15, -0.1) is 11.3 Å². The molecule has 1 heterocycles. The lowest BCUT2D eigenvalue weighted by Gasteiger charge is -2.20. The number of amides is 1. The van der Waals surface area contributed by atoms with Gasteiger partial charge in [-0.1, -0.05) is 12.1 Å². The summed E-state index contributed by atoms with van der Waals surface area (Å²) in [4.78, 5) is 49.5. The molecule has 6 N–H and O–H groups in total. The number of aliphatic carboxylic acids is 1. The lowest BCUT2D eigenvalue weighted by molar-refractivity contribution is -0.137. The van der Waals surface area contributed by atoms with Crippen molar-refractivity contribution in [3.05, 3.63) is 93.7 Å². The van der Waals surface area contributed by atoms with Gasteiger partial charge in [0.15, 0.2) is 5.96 Å². The number of nitrogens with two attached hydrogens (primary N) is 1. The van der Waals surface area contributed by atoms with Crippen molar-refractivity contribution in [2.75, 3.05) is 11.9 Å². The first kappa shape index (κ1) is 26.8. The average molecular weight is 547 g/mol. The number of hydrogen-bond donors (Lipinski definition) is 5. The summed E-state index contributed by atoms with van der Waals surface area (Å²) in [6, 6.07) is 17.4. The van der Waals surface area contributed by atoms with Gasteiger partial charge in [0.05, 0.1) is 5.56 Å². The number of fused-ring (bicyclic) bond motifs is 1. The maximum absolute atomic E-state index is 13.2. The molecule has 0 aliphatic carbocycles. The third-order valence-corrected chi connectivity index (χ3v) is 6.49. The van der Waals surface area contributed by atoms with Gasteiger partial charge in [0.1, 0.15) is 17.2 Å². The van der Waals surface area contributed by atoms with Crippen LogP contribution < -0.4 is 15.8 Å². The highest BCUT2D eigenvalue weighted by Crippen LogP contribution is 2.25. The van der Waals surface area contributed by atoms with E-state index in [1.165, 1.54) is 18.2 Å². The first-order chi connectivity index (χ1) is 18.6. The Hall–Kier alpha value is -5.23. The van der Waals surface area contributed by atoms with E-state index in [1.54, 1.807) is 53.9 Å². The second kappa shape index (κ2) is 11.4. The van der Waals surface area contributed by atoms with Gasteiger partial charge >= 0.3 is 17.9 Å². The number of nitrogens with zero attached hydrogens (tertiary/aromatic N) is 1. The Kier molecular flexibility index (Phi) is 7.87. The molecular formula is C27H22N4O7S. The normalized spacial score (nSPS) is 10.6. The number of carbonyl (C=O) groups excluding carboxylic acids is 2. The van der Waals surface area contributed by atoms with Gasteiger partial charge < -0.3 is 30.9 Å². The van der Waals surface area contributed by atoms with Crippen molar-refractivity contribution in [3.63, 3.8) is 0 Å². The molecule has 0 spiro atoms. The van der Waals surface area contributed by atoms with Gasteiger partial charge in [-0.05, 0) is 76.3 Å². The molecule has 198 valence electrons. The second-order valence-corrected chi connectivity index (χ2v) is 9.32. The number of thiophene rings is 1. The van der Waals surface area contributed by atoms with E-state index < -0.39 is 30.4 Å². The number of benzene rings is 3. The third-order valence-electron chi connectivity index (χ3n) is 5.52. The van der Waals surface area contributed by atoms with Crippen LogP contribution in [-0.4, -0.2) is 51.4 Å². The number of ether oxygens (including phenoxy) is 1. The smallest absolute Gasteiger partial charge is 0.345 e. The van der Waals surface area contributed by atoms with Crippen molar-refractivity contribution >= 4 is 57.6 Å². The van der Waals surface area contributed by atoms with E-state index in [1.807, 2.05) is 0 Å². The number of carboxylic acids is 2. The molecule has 1 amide bonds. The molecule has 0 aliphatic heterocycles. The number of carbonyl (C=O) groups is 4. The number of aromatic carboxylic acids is 1. The number of carboxylic acid groups (broad SMARTS) is 2. The van der Waals surface area contributed by atoms with Crippen LogP contribution in [-0.2, 0) is 11.3 Å². The molecule has 0 fully saturated rings. The lowest BCUT2D eigenvalue weighted by atomic mass is 10.1. The molecule has 0 unspecified atom stereocenters. The van der Waals surface area contributed by atoms with Gasteiger partial charge in [0.2, 0.25) is 0 Å². The minimum absolute atomic E-state index is 0.0619. The van der Waals surface area contributed by atoms with Crippen molar-refractivity contribution in [3.8, 4) is 5.75 Å². The van der Waals surface area contributed by atoms with E-state index in [4.69, 9.17) is 21.0 Å². The average Bonchev–Trinajstić information content (AvgIpc) is 3.36. The minimum Gasteiger partial charge on any atom is -0.480 e. The highest BCUT2D eigenvalue weighted by molar-refractivity contribution is 7.12. The molecule has 0 radical (unpaired) electrons. The molecule has 0 bridgehead atoms. The molecule has 39 heavy (non-hydrogen) atoms. The Bertz CT molecular complexity index is 1600. The SMILES string of the molecule is N=C(N)Nc1ccc(C(=O)Oc2ccc3cc(C(=O)N(CC(=O)O)Cc4csc(C(=O)O)c4)ccc3c2)cc1. The van der Waals surface area contributed by atoms with E-state index in [-0.39, 0.29) is 28.7 Å². The summed E-state index contributed by atoms with van der Waals surface area (Å²) in [6.45, 7) is -0.622. The van der Waals surface area contributed by atoms with Crippen LogP contribution in [0.5, 0.6) is 5.75 Å². The Balaban J connectivity index is 1.49. The van der Waals surface area contributed by atoms with Crippen LogP contribution in [0.2, 0.25) is 0 Å². The third kappa shape index (κ3) is 6.76. The van der Waals surface area contributed by atoms with Crippen LogP contribution in [0.15, 0.2) is 72.1 Å². The van der Waals surface area contributed by atoms with Crippen LogP contribution >= 0.6 is 11.3 Å². The molecule has 12 heteroatoms. The molecule has 0 atom stereocenters. The summed E-state index contributed by atoms with van der Waals surface area (Å²) >= 11 is 0.999. The predicted molar refractivity (Wildman–Crippen MR) is 145 cm³/mol. The van der Waals surface area contributed by atoms with Crippen molar-refractivity contribution in [2.45, 2.75) is 6.54 Å². The fourth-order valence-electron chi connectivity index (χ4n) is 3.77. The predicted octanol–water partition coefficient (Wildman–Crippen LogP) is 3.85. The summed E-state index contributed by atoms with van der Waals surface area (Å²) in [7, 11) is 0. The highest BCUT2D eigenvalue weighted by Gasteiger charge is 2.21. The fourth-order valence-corrected chi connectivity index (χ4v) is 4.51. The van der Waals surface area contributed by atoms with Crippen LogP contribution in [0.3, 0.4) is 0 Å². The number of esters is 1. The van der Waals surface area contributed by atoms with Gasteiger partial charge in [0.25, 0.3) is 5.91 Å². The van der Waals surface area contributed by atoms with E-state index in [0.717, 1.165) is 16.2 Å². The van der Waals surface area contributed by atoms with Crippen molar-refractivity contribution < 1.29 is 34.1 Å². The lowest BCUT2D eigenvalue weighted by Crippen LogP contribution is -2.35.